The van der Waals surface area contributed by atoms with Crippen LogP contribution in [0.2, 0.25) is 0 Å². The maximum Gasteiger partial charge on any atom is 0.323 e. The molecule has 17 heavy (non-hydrogen) atoms. The van der Waals surface area contributed by atoms with Crippen molar-refractivity contribution in [2.45, 2.75) is 12.5 Å². The number of carboxylic acids is 1. The van der Waals surface area contributed by atoms with Crippen molar-refractivity contribution in [3.63, 3.8) is 0 Å². The second-order valence-corrected chi connectivity index (χ2v) is 3.12. The number of aliphatic carboxylic acids is 1. The van der Waals surface area contributed by atoms with E-state index in [9.17, 15) is 18.4 Å². The molecular formula is C10H8F2FmNO3-. The number of hydrogen-bond acceptors (Lipinski definition) is 2. The van der Waals surface area contributed by atoms with Crippen LogP contribution in [0.3, 0.4) is 0 Å². The molecule has 1 aromatic rings. The molecule has 7 heteroatoms. The van der Waals surface area contributed by atoms with Gasteiger partial charge in [0.05, 0.1) is 0 Å². The number of hydrogen-bond donors (Lipinski definition) is 2. The monoisotopic (exact) mass is 485 g/mol. The van der Waals surface area contributed by atoms with E-state index >= 15 is 0 Å². The summed E-state index contributed by atoms with van der Waals surface area (Å²) in [6.45, 7) is 0. The third kappa shape index (κ3) is 3.94. The number of carbonyl (C=O) groups is 1. The molecule has 1 rings (SSSR count). The molecular weight excluding hydrogens is 477 g/mol. The van der Waals surface area contributed by atoms with Gasteiger partial charge in [0.15, 0.2) is 0 Å². The zero-order chi connectivity index (χ0) is 12.1. The predicted octanol–water partition coefficient (Wildman–Crippen LogP) is 0.617. The van der Waals surface area contributed by atoms with Crippen molar-refractivity contribution in [1.29, 1.82) is 0 Å². The molecule has 1 aromatic carbocycles. The minimum absolute atomic E-state index is 0. The summed E-state index contributed by atoms with van der Waals surface area (Å²) in [6, 6.07) is 1.44. The summed E-state index contributed by atoms with van der Waals surface area (Å²) in [7, 11) is 0. The van der Waals surface area contributed by atoms with E-state index in [0.29, 0.717) is 6.07 Å². The molecule has 0 aliphatic carbocycles. The molecule has 1 amide bonds. The minimum atomic E-state index is -1.30. The molecule has 0 unspecified atom stereocenters. The average molecular weight is 485 g/mol. The molecule has 4 nitrogen and oxygen atoms in total. The topological polar surface area (TPSA) is 66.4 Å². The normalized spacial score (nSPS) is 11.2. The van der Waals surface area contributed by atoms with E-state index in [4.69, 9.17) is 5.11 Å². The molecule has 0 heterocycles. The van der Waals surface area contributed by atoms with Gasteiger partial charge in [-0.3, -0.25) is 4.79 Å². The Hall–Kier alpha value is -2.98. The summed E-state index contributed by atoms with van der Waals surface area (Å²) in [6.07, 6.45) is 1.02. The summed E-state index contributed by atoms with van der Waals surface area (Å²) < 4.78 is 25.6. The van der Waals surface area contributed by atoms with Crippen LogP contribution in [0, 0.1) is 11.6 Å². The first-order valence-corrected chi connectivity index (χ1v) is 4.33. The van der Waals surface area contributed by atoms with Gasteiger partial charge in [-0.2, -0.15) is 6.41 Å². The fraction of sp³-hybridized carbons (Fsp3) is 0.200. The predicted molar refractivity (Wildman–Crippen MR) is 50.3 cm³/mol. The fourth-order valence-corrected chi connectivity index (χ4v) is 1.24. The maximum atomic E-state index is 12.8. The molecule has 1 atom stereocenters. The molecule has 0 aliphatic rings. The summed E-state index contributed by atoms with van der Waals surface area (Å²) >= 11 is 0. The van der Waals surface area contributed by atoms with Gasteiger partial charge in [-0.15, -0.1) is 0 Å². The molecule has 2 N–H and O–H groups in total. The molecule has 0 aromatic heterocycles. The molecule has 0 fully saturated rings. The van der Waals surface area contributed by atoms with Crippen LogP contribution in [0.4, 0.5) is 8.78 Å². The van der Waals surface area contributed by atoms with Gasteiger partial charge in [0, 0.05) is 12.5 Å². The van der Waals surface area contributed by atoms with Crippen molar-refractivity contribution in [2.24, 2.45) is 0 Å². The van der Waals surface area contributed by atoms with Gasteiger partial charge >= 0.3 is 5.97 Å². The van der Waals surface area contributed by atoms with E-state index in [1.165, 1.54) is 6.41 Å². The third-order valence-electron chi connectivity index (χ3n) is 1.89. The Balaban J connectivity index is 0.00000256. The van der Waals surface area contributed by atoms with E-state index < -0.39 is 23.6 Å². The number of benzene rings is 1. The fourth-order valence-electron chi connectivity index (χ4n) is 1.24. The van der Waals surface area contributed by atoms with E-state index in [1.807, 2.05) is 5.32 Å². The second kappa shape index (κ2) is 5.79. The van der Waals surface area contributed by atoms with Crippen LogP contribution >= 0.6 is 0 Å². The van der Waals surface area contributed by atoms with Gasteiger partial charge in [-0.25, -0.2) is 8.78 Å². The Kier molecular flexibility index (Phi) is 4.78. The van der Waals surface area contributed by atoms with Crippen molar-refractivity contribution < 1.29 is 23.5 Å². The Morgan fingerprint density at radius 3 is 2.29 bits per heavy atom. The Bertz CT molecular complexity index is 394. The van der Waals surface area contributed by atoms with E-state index in [0.717, 1.165) is 12.1 Å². The zero-order valence-electron chi connectivity index (χ0n) is 8.32. The Labute approximate surface area is 89.9 Å². The van der Waals surface area contributed by atoms with Crippen LogP contribution in [0.5, 0.6) is 0 Å². The summed E-state index contributed by atoms with van der Waals surface area (Å²) in [5, 5.41) is 10.6. The van der Waals surface area contributed by atoms with Crippen molar-refractivity contribution in [2.75, 3.05) is 0 Å². The Morgan fingerprint density at radius 2 is 1.88 bits per heavy atom. The second-order valence-electron chi connectivity index (χ2n) is 3.12. The van der Waals surface area contributed by atoms with E-state index in [2.05, 4.69) is 0 Å². The van der Waals surface area contributed by atoms with Crippen molar-refractivity contribution in [3.8, 4) is 0 Å². The quantitative estimate of drug-likeness (QED) is 0.475. The number of carbonyl (C=O) groups excluding carboxylic acids is 1. The first-order chi connectivity index (χ1) is 7.52. The van der Waals surface area contributed by atoms with Crippen LogP contribution in [-0.4, -0.2) is 23.5 Å². The summed E-state index contributed by atoms with van der Waals surface area (Å²) in [5.74, 6) is -2.89. The smallest absolute Gasteiger partial charge is 0.323 e. The van der Waals surface area contributed by atoms with Crippen molar-refractivity contribution >= 4 is 12.4 Å². The molecule has 0 radical (unpaired) electrons. The Morgan fingerprint density at radius 1 is 1.35 bits per heavy atom. The van der Waals surface area contributed by atoms with Gasteiger partial charge in [-0.1, -0.05) is 0 Å². The van der Waals surface area contributed by atoms with Gasteiger partial charge < -0.3 is 15.2 Å². The molecule has 0 saturated carbocycles. The average Bonchev–Trinajstić information content (AvgIpc) is 2.15. The van der Waals surface area contributed by atoms with Crippen molar-refractivity contribution in [1.82, 2.24) is 5.32 Å². The number of halogens is 2. The van der Waals surface area contributed by atoms with Crippen LogP contribution in [0.1, 0.15) is 5.56 Å². The van der Waals surface area contributed by atoms with Gasteiger partial charge in [0.25, 0.3) is 0 Å². The molecule has 0 bridgehead atoms. The van der Waals surface area contributed by atoms with E-state index in [1.54, 1.807) is 0 Å². The van der Waals surface area contributed by atoms with E-state index in [-0.39, 0.29) is 12.0 Å². The maximum absolute atomic E-state index is 12.8. The number of nitrogens with one attached hydrogen (secondary N) is 1. The molecule has 0 spiro atoms. The molecule has 0 aliphatic heterocycles. The van der Waals surface area contributed by atoms with Gasteiger partial charge in [0.1, 0.15) is 17.7 Å². The van der Waals surface area contributed by atoms with Crippen molar-refractivity contribution in [3.05, 3.63) is 35.4 Å². The number of rotatable bonds is 5. The van der Waals surface area contributed by atoms with Gasteiger partial charge in [0.2, 0.25) is 0 Å². The minimum Gasteiger partial charge on any atom is -0.520 e. The van der Waals surface area contributed by atoms with Gasteiger partial charge in [-0.05, 0) is 17.7 Å². The summed E-state index contributed by atoms with van der Waals surface area (Å²) in [5.41, 5.74) is 0.146. The molecule has 98 valence electrons. The largest absolute Gasteiger partial charge is 0.520 e. The van der Waals surface area contributed by atoms with Crippen LogP contribution < -0.4 is 5.32 Å². The van der Waals surface area contributed by atoms with Crippen LogP contribution in [-0.2, 0) is 16.0 Å². The SMILES string of the molecule is O=[C-]N[C@@H](Cc1cc(F)cc(F)c1)C(=O)O.[Fm]. The number of amides is 1. The van der Waals surface area contributed by atoms with Crippen LogP contribution in [0.15, 0.2) is 18.2 Å². The summed E-state index contributed by atoms with van der Waals surface area (Å²) in [4.78, 5) is 20.6. The van der Waals surface area contributed by atoms with Crippen LogP contribution in [0.25, 0.3) is 0 Å². The first kappa shape index (κ1) is 14.0. The zero-order valence-corrected chi connectivity index (χ0v) is 10.7. The standard InChI is InChI=1S/C10H8F2NO3.Fm/c11-7-1-6(2-8(12)4-7)3-9(10(15)16)13-5-14;/h1-2,4,9H,3H2,(H,13,14)(H,15,16);/q-1;/t9-;/m0./s1. The molecule has 0 saturated heterocycles. The third-order valence-corrected chi connectivity index (χ3v) is 1.89. The number of carboxylic acid groups (broad SMARTS) is 1. The first-order valence-electron chi connectivity index (χ1n) is 4.33.